The predicted molar refractivity (Wildman–Crippen MR) is 83.4 cm³/mol. The van der Waals surface area contributed by atoms with Crippen molar-refractivity contribution >= 4 is 29.6 Å². The normalized spacial score (nSPS) is 10.7. The van der Waals surface area contributed by atoms with E-state index in [1.165, 1.54) is 13.0 Å². The number of ether oxygens (including phenoxy) is 1. The number of aliphatic carboxylic acids is 1. The van der Waals surface area contributed by atoms with E-state index in [2.05, 4.69) is 5.73 Å². The molecule has 0 radical (unpaired) electrons. The Morgan fingerprint density at radius 3 is 2.29 bits per heavy atom. The summed E-state index contributed by atoms with van der Waals surface area (Å²) in [6.07, 6.45) is 2.55. The summed E-state index contributed by atoms with van der Waals surface area (Å²) in [5.41, 5.74) is 4.79. The maximum atomic E-state index is 10.5. The van der Waals surface area contributed by atoms with Crippen molar-refractivity contribution in [1.82, 2.24) is 0 Å². The van der Waals surface area contributed by atoms with Crippen molar-refractivity contribution < 1.29 is 19.4 Å². The number of hydrogen-bond donors (Lipinski definition) is 2. The van der Waals surface area contributed by atoms with E-state index in [0.29, 0.717) is 16.3 Å². The lowest BCUT2D eigenvalue weighted by Crippen LogP contribution is -2.23. The lowest BCUT2D eigenvalue weighted by Gasteiger charge is -2.22. The molecule has 0 heterocycles. The zero-order chi connectivity index (χ0) is 16.6. The molecular formula is C15H20ClNO4. The number of carbonyl (C=O) groups is 2. The second-order valence-electron chi connectivity index (χ2n) is 5.18. The number of halogens is 1. The summed E-state index contributed by atoms with van der Waals surface area (Å²) in [6, 6.07) is 5.09. The predicted octanol–water partition coefficient (Wildman–Crippen LogP) is 3.11. The minimum atomic E-state index is -0.998. The Morgan fingerprint density at radius 2 is 1.86 bits per heavy atom. The van der Waals surface area contributed by atoms with Crippen LogP contribution >= 0.6 is 11.6 Å². The van der Waals surface area contributed by atoms with Crippen LogP contribution < -0.4 is 10.5 Å². The van der Waals surface area contributed by atoms with Gasteiger partial charge in [-0.1, -0.05) is 11.6 Å². The molecule has 0 saturated heterocycles. The van der Waals surface area contributed by atoms with Gasteiger partial charge in [0.15, 0.2) is 0 Å². The third-order valence-corrected chi connectivity index (χ3v) is 2.03. The fraction of sp³-hybridized carbons (Fsp3) is 0.333. The van der Waals surface area contributed by atoms with Crippen molar-refractivity contribution in [1.29, 1.82) is 0 Å². The van der Waals surface area contributed by atoms with Crippen molar-refractivity contribution in [3.63, 3.8) is 0 Å². The number of amides is 1. The van der Waals surface area contributed by atoms with Crippen LogP contribution in [0.5, 0.6) is 5.75 Å². The molecule has 0 aliphatic carbocycles. The van der Waals surface area contributed by atoms with E-state index in [4.69, 9.17) is 21.4 Å². The molecule has 0 aromatic heterocycles. The Hall–Kier alpha value is -2.01. The van der Waals surface area contributed by atoms with Crippen LogP contribution in [-0.2, 0) is 9.59 Å². The second-order valence-corrected chi connectivity index (χ2v) is 5.62. The van der Waals surface area contributed by atoms with Crippen LogP contribution in [0.15, 0.2) is 24.3 Å². The minimum absolute atomic E-state index is 0.333. The molecular weight excluding hydrogens is 294 g/mol. The third-order valence-electron chi connectivity index (χ3n) is 1.80. The first-order valence-corrected chi connectivity index (χ1v) is 6.54. The van der Waals surface area contributed by atoms with Crippen LogP contribution in [0, 0.1) is 0 Å². The van der Waals surface area contributed by atoms with Gasteiger partial charge in [-0.05, 0) is 45.0 Å². The Bertz CT molecular complexity index is 529. The highest BCUT2D eigenvalue weighted by Gasteiger charge is 2.14. The summed E-state index contributed by atoms with van der Waals surface area (Å²) < 4.78 is 5.72. The standard InChI is InChI=1S/C13H15ClO3.C2H5NO/c1-13(2,3)17-11-8-10(14)6-4-9(11)5-7-12(15)16;1-2(3)4/h4-8H,1-3H3,(H,15,16);1H3,(H2,3,4)/b7-5+;. The molecule has 0 atom stereocenters. The molecule has 6 heteroatoms. The zero-order valence-corrected chi connectivity index (χ0v) is 13.3. The van der Waals surface area contributed by atoms with Gasteiger partial charge in [-0.25, -0.2) is 4.79 Å². The van der Waals surface area contributed by atoms with Gasteiger partial charge in [0, 0.05) is 23.6 Å². The van der Waals surface area contributed by atoms with E-state index in [9.17, 15) is 9.59 Å². The molecule has 21 heavy (non-hydrogen) atoms. The quantitative estimate of drug-likeness (QED) is 0.839. The van der Waals surface area contributed by atoms with Gasteiger partial charge in [0.05, 0.1) is 0 Å². The topological polar surface area (TPSA) is 89.6 Å². The van der Waals surface area contributed by atoms with Crippen molar-refractivity contribution in [2.75, 3.05) is 0 Å². The number of rotatable bonds is 3. The number of benzene rings is 1. The molecule has 0 aliphatic heterocycles. The fourth-order valence-corrected chi connectivity index (χ4v) is 1.39. The fourth-order valence-electron chi connectivity index (χ4n) is 1.23. The molecule has 0 unspecified atom stereocenters. The monoisotopic (exact) mass is 313 g/mol. The summed E-state index contributed by atoms with van der Waals surface area (Å²) in [5, 5.41) is 9.15. The lowest BCUT2D eigenvalue weighted by molar-refractivity contribution is -0.131. The van der Waals surface area contributed by atoms with E-state index in [1.807, 2.05) is 20.8 Å². The first-order valence-electron chi connectivity index (χ1n) is 6.17. The van der Waals surface area contributed by atoms with Gasteiger partial charge in [-0.3, -0.25) is 4.79 Å². The number of carboxylic acids is 1. The molecule has 0 aliphatic rings. The van der Waals surface area contributed by atoms with Crippen molar-refractivity contribution in [3.05, 3.63) is 34.9 Å². The van der Waals surface area contributed by atoms with Crippen LogP contribution in [0.1, 0.15) is 33.3 Å². The Morgan fingerprint density at radius 1 is 1.33 bits per heavy atom. The molecule has 5 nitrogen and oxygen atoms in total. The smallest absolute Gasteiger partial charge is 0.328 e. The zero-order valence-electron chi connectivity index (χ0n) is 12.5. The largest absolute Gasteiger partial charge is 0.487 e. The molecule has 1 amide bonds. The number of carbonyl (C=O) groups excluding carboxylic acids is 1. The molecule has 0 fully saturated rings. The molecule has 0 saturated carbocycles. The maximum absolute atomic E-state index is 10.5. The highest BCUT2D eigenvalue weighted by Crippen LogP contribution is 2.27. The number of nitrogens with two attached hydrogens (primary N) is 1. The van der Waals surface area contributed by atoms with Crippen molar-refractivity contribution in [2.24, 2.45) is 5.73 Å². The van der Waals surface area contributed by atoms with Crippen molar-refractivity contribution in [2.45, 2.75) is 33.3 Å². The highest BCUT2D eigenvalue weighted by atomic mass is 35.5. The van der Waals surface area contributed by atoms with Crippen LogP contribution in [-0.4, -0.2) is 22.6 Å². The van der Waals surface area contributed by atoms with Gasteiger partial charge in [-0.15, -0.1) is 0 Å². The van der Waals surface area contributed by atoms with Gasteiger partial charge >= 0.3 is 5.97 Å². The molecule has 1 aromatic carbocycles. The molecule has 0 bridgehead atoms. The first kappa shape index (κ1) is 19.0. The first-order chi connectivity index (χ1) is 9.51. The van der Waals surface area contributed by atoms with Crippen LogP contribution in [0.2, 0.25) is 5.02 Å². The number of carboxylic acid groups (broad SMARTS) is 1. The summed E-state index contributed by atoms with van der Waals surface area (Å²) in [4.78, 5) is 19.7. The van der Waals surface area contributed by atoms with E-state index in [1.54, 1.807) is 18.2 Å². The summed E-state index contributed by atoms with van der Waals surface area (Å²) >= 11 is 5.89. The van der Waals surface area contributed by atoms with E-state index in [-0.39, 0.29) is 11.5 Å². The van der Waals surface area contributed by atoms with Gasteiger partial charge < -0.3 is 15.6 Å². The molecule has 0 spiro atoms. The van der Waals surface area contributed by atoms with Crippen LogP contribution in [0.3, 0.4) is 0 Å². The van der Waals surface area contributed by atoms with Gasteiger partial charge in [0.25, 0.3) is 0 Å². The van der Waals surface area contributed by atoms with Gasteiger partial charge in [0.2, 0.25) is 5.91 Å². The van der Waals surface area contributed by atoms with Crippen LogP contribution in [0.25, 0.3) is 6.08 Å². The summed E-state index contributed by atoms with van der Waals surface area (Å²) in [7, 11) is 0. The average molecular weight is 314 g/mol. The second kappa shape index (κ2) is 8.32. The maximum Gasteiger partial charge on any atom is 0.328 e. The van der Waals surface area contributed by atoms with Gasteiger partial charge in [-0.2, -0.15) is 0 Å². The highest BCUT2D eigenvalue weighted by molar-refractivity contribution is 6.30. The molecule has 1 aromatic rings. The minimum Gasteiger partial charge on any atom is -0.487 e. The van der Waals surface area contributed by atoms with E-state index < -0.39 is 5.97 Å². The molecule has 1 rings (SSSR count). The Kier molecular flexibility index (Phi) is 7.52. The van der Waals surface area contributed by atoms with E-state index in [0.717, 1.165) is 6.08 Å². The SMILES string of the molecule is CC(C)(C)Oc1cc(Cl)ccc1/C=C/C(=O)O.CC(N)=O. The third kappa shape index (κ3) is 10.4. The summed E-state index contributed by atoms with van der Waals surface area (Å²) in [6.45, 7) is 7.05. The molecule has 116 valence electrons. The number of primary amides is 1. The van der Waals surface area contributed by atoms with E-state index >= 15 is 0 Å². The number of hydrogen-bond acceptors (Lipinski definition) is 3. The lowest BCUT2D eigenvalue weighted by atomic mass is 10.1. The average Bonchev–Trinajstić information content (AvgIpc) is 2.24. The Labute approximate surface area is 129 Å². The summed E-state index contributed by atoms with van der Waals surface area (Å²) in [5.74, 6) is -0.760. The Balaban J connectivity index is 0.000000885. The molecule has 3 N–H and O–H groups in total. The van der Waals surface area contributed by atoms with Gasteiger partial charge in [0.1, 0.15) is 11.4 Å². The van der Waals surface area contributed by atoms with Crippen molar-refractivity contribution in [3.8, 4) is 5.75 Å². The van der Waals surface area contributed by atoms with Crippen LogP contribution in [0.4, 0.5) is 0 Å².